The molecule has 8 heteroatoms. The third kappa shape index (κ3) is 6.93. The molecule has 1 aliphatic rings. The number of ether oxygens (including phenoxy) is 5. The zero-order valence-corrected chi connectivity index (χ0v) is 20.9. The lowest BCUT2D eigenvalue weighted by Gasteiger charge is -2.24. The van der Waals surface area contributed by atoms with Gasteiger partial charge < -0.3 is 23.7 Å². The van der Waals surface area contributed by atoms with Crippen molar-refractivity contribution < 1.29 is 28.5 Å². The highest BCUT2D eigenvalue weighted by Crippen LogP contribution is 2.30. The van der Waals surface area contributed by atoms with Gasteiger partial charge in [0.1, 0.15) is 24.6 Å². The third-order valence-electron chi connectivity index (χ3n) is 6.16. The number of benzene rings is 3. The van der Waals surface area contributed by atoms with E-state index in [4.69, 9.17) is 23.7 Å². The molecule has 2 heterocycles. The average molecular weight is 515 g/mol. The highest BCUT2D eigenvalue weighted by atomic mass is 16.7. The second-order valence-corrected chi connectivity index (χ2v) is 8.92. The number of carbonyl (C=O) groups is 1. The van der Waals surface area contributed by atoms with Gasteiger partial charge in [0.2, 0.25) is 6.29 Å². The van der Waals surface area contributed by atoms with Crippen LogP contribution in [0.25, 0.3) is 0 Å². The van der Waals surface area contributed by atoms with Crippen LogP contribution in [0.1, 0.15) is 16.7 Å². The van der Waals surface area contributed by atoms with Crippen molar-refractivity contribution in [1.29, 1.82) is 0 Å². The summed E-state index contributed by atoms with van der Waals surface area (Å²) in [6.45, 7) is 1.30. The van der Waals surface area contributed by atoms with Crippen LogP contribution in [-0.4, -0.2) is 46.9 Å². The van der Waals surface area contributed by atoms with E-state index < -0.39 is 30.7 Å². The van der Waals surface area contributed by atoms with E-state index in [1.807, 2.05) is 91.0 Å². The number of imidazole rings is 1. The van der Waals surface area contributed by atoms with Crippen LogP contribution in [0.4, 0.5) is 4.79 Å². The lowest BCUT2D eigenvalue weighted by atomic mass is 10.1. The molecule has 4 atom stereocenters. The minimum Gasteiger partial charge on any atom is -0.416 e. The number of hydrogen-bond donors (Lipinski definition) is 0. The van der Waals surface area contributed by atoms with Crippen LogP contribution < -0.4 is 0 Å². The van der Waals surface area contributed by atoms with Gasteiger partial charge in [-0.15, -0.1) is 0 Å². The summed E-state index contributed by atoms with van der Waals surface area (Å²) in [5.74, 6) is 0. The van der Waals surface area contributed by atoms with Crippen LogP contribution in [0.5, 0.6) is 0 Å². The zero-order valence-electron chi connectivity index (χ0n) is 20.9. The van der Waals surface area contributed by atoms with Gasteiger partial charge in [0.05, 0.1) is 26.4 Å². The Morgan fingerprint density at radius 2 is 1.32 bits per heavy atom. The summed E-state index contributed by atoms with van der Waals surface area (Å²) in [5, 5.41) is 0. The van der Waals surface area contributed by atoms with Gasteiger partial charge in [-0.25, -0.2) is 14.3 Å². The average Bonchev–Trinajstić information content (AvgIpc) is 3.61. The Hall–Kier alpha value is -3.82. The molecular formula is C30H30N2O6. The number of hydrogen-bond acceptors (Lipinski definition) is 7. The molecule has 0 amide bonds. The fraction of sp³-hybridized carbons (Fsp3) is 0.267. The first-order valence-corrected chi connectivity index (χ1v) is 12.5. The van der Waals surface area contributed by atoms with Crippen molar-refractivity contribution in [3.8, 4) is 0 Å². The normalized spacial score (nSPS) is 20.8. The minimum absolute atomic E-state index is 0.235. The fourth-order valence-corrected chi connectivity index (χ4v) is 4.23. The third-order valence-corrected chi connectivity index (χ3v) is 6.16. The molecule has 1 saturated heterocycles. The van der Waals surface area contributed by atoms with Crippen molar-refractivity contribution in [2.45, 2.75) is 44.4 Å². The van der Waals surface area contributed by atoms with Crippen molar-refractivity contribution in [2.75, 3.05) is 6.61 Å². The van der Waals surface area contributed by atoms with E-state index >= 15 is 0 Å². The van der Waals surface area contributed by atoms with Crippen molar-refractivity contribution in [3.63, 3.8) is 0 Å². The summed E-state index contributed by atoms with van der Waals surface area (Å²) in [4.78, 5) is 16.7. The van der Waals surface area contributed by atoms with E-state index in [1.54, 1.807) is 0 Å². The lowest BCUT2D eigenvalue weighted by molar-refractivity contribution is -0.154. The van der Waals surface area contributed by atoms with E-state index in [-0.39, 0.29) is 6.61 Å². The van der Waals surface area contributed by atoms with E-state index in [0.29, 0.717) is 19.8 Å². The molecule has 1 aromatic heterocycles. The topological polar surface area (TPSA) is 81.0 Å². The second kappa shape index (κ2) is 13.1. The predicted octanol–water partition coefficient (Wildman–Crippen LogP) is 4.98. The Morgan fingerprint density at radius 1 is 0.763 bits per heavy atom. The van der Waals surface area contributed by atoms with Crippen LogP contribution in [-0.2, 0) is 43.5 Å². The minimum atomic E-state index is -1.00. The summed E-state index contributed by atoms with van der Waals surface area (Å²) in [5.41, 5.74) is 3.04. The summed E-state index contributed by atoms with van der Waals surface area (Å²) in [7, 11) is 0. The van der Waals surface area contributed by atoms with E-state index in [0.717, 1.165) is 16.7 Å². The monoisotopic (exact) mass is 514 g/mol. The maximum Gasteiger partial charge on any atom is 0.421 e. The molecule has 196 valence electrons. The van der Waals surface area contributed by atoms with Crippen molar-refractivity contribution in [3.05, 3.63) is 126 Å². The summed E-state index contributed by atoms with van der Waals surface area (Å²) < 4.78 is 31.9. The van der Waals surface area contributed by atoms with E-state index in [2.05, 4.69) is 4.98 Å². The molecule has 3 aromatic carbocycles. The number of nitrogens with zero attached hydrogens (tertiary/aromatic N) is 2. The highest BCUT2D eigenvalue weighted by molar-refractivity contribution is 5.70. The zero-order chi connectivity index (χ0) is 26.0. The number of aromatic nitrogens is 2. The standard InChI is InChI=1S/C30H30N2O6/c33-30(32-17-16-31-22-32)38-29-28(36-20-25-14-8-3-9-15-25)27(35-19-24-12-6-2-7-13-24)26(37-29)21-34-18-23-10-4-1-5-11-23/h1-17,22,26-29H,18-21H2/t26-,27-,28-,29-/m1/s1. The molecule has 0 aliphatic carbocycles. The van der Waals surface area contributed by atoms with Crippen LogP contribution in [0.3, 0.4) is 0 Å². The predicted molar refractivity (Wildman–Crippen MR) is 139 cm³/mol. The molecule has 5 rings (SSSR count). The van der Waals surface area contributed by atoms with Crippen LogP contribution in [0, 0.1) is 0 Å². The van der Waals surface area contributed by atoms with Crippen LogP contribution in [0.15, 0.2) is 110 Å². The van der Waals surface area contributed by atoms with Gasteiger partial charge in [-0.3, -0.25) is 0 Å². The Balaban J connectivity index is 1.33. The highest BCUT2D eigenvalue weighted by Gasteiger charge is 2.49. The second-order valence-electron chi connectivity index (χ2n) is 8.92. The Labute approximate surface area is 221 Å². The number of rotatable bonds is 11. The van der Waals surface area contributed by atoms with Gasteiger partial charge in [0, 0.05) is 12.4 Å². The SMILES string of the molecule is O=C(O[C@H]1O[C@H](COCc2ccccc2)[C@@H](OCc2ccccc2)[C@H]1OCc1ccccc1)n1ccnc1. The van der Waals surface area contributed by atoms with Gasteiger partial charge in [0.25, 0.3) is 0 Å². The first-order chi connectivity index (χ1) is 18.8. The molecular weight excluding hydrogens is 484 g/mol. The first-order valence-electron chi connectivity index (χ1n) is 12.5. The Bertz CT molecular complexity index is 1240. The summed E-state index contributed by atoms with van der Waals surface area (Å²) in [6, 6.07) is 29.6. The van der Waals surface area contributed by atoms with Crippen molar-refractivity contribution in [1.82, 2.24) is 9.55 Å². The summed E-state index contributed by atoms with van der Waals surface area (Å²) >= 11 is 0. The van der Waals surface area contributed by atoms with Gasteiger partial charge in [0.15, 0.2) is 0 Å². The maximum atomic E-state index is 12.8. The van der Waals surface area contributed by atoms with Crippen molar-refractivity contribution in [2.24, 2.45) is 0 Å². The molecule has 4 aromatic rings. The molecule has 8 nitrogen and oxygen atoms in total. The smallest absolute Gasteiger partial charge is 0.416 e. The molecule has 0 N–H and O–H groups in total. The lowest BCUT2D eigenvalue weighted by Crippen LogP contribution is -2.40. The quantitative estimate of drug-likeness (QED) is 0.279. The van der Waals surface area contributed by atoms with Crippen LogP contribution in [0.2, 0.25) is 0 Å². The van der Waals surface area contributed by atoms with Crippen LogP contribution >= 0.6 is 0 Å². The molecule has 0 bridgehead atoms. The first kappa shape index (κ1) is 25.8. The molecule has 1 fully saturated rings. The molecule has 38 heavy (non-hydrogen) atoms. The maximum absolute atomic E-state index is 12.8. The van der Waals surface area contributed by atoms with Gasteiger partial charge in [-0.05, 0) is 16.7 Å². The molecule has 0 spiro atoms. The molecule has 0 radical (unpaired) electrons. The number of carbonyl (C=O) groups excluding carboxylic acids is 1. The van der Waals surface area contributed by atoms with Gasteiger partial charge in [-0.1, -0.05) is 91.0 Å². The van der Waals surface area contributed by atoms with E-state index in [1.165, 1.54) is 23.3 Å². The largest absolute Gasteiger partial charge is 0.421 e. The Kier molecular flexibility index (Phi) is 8.91. The van der Waals surface area contributed by atoms with Gasteiger partial charge >= 0.3 is 6.09 Å². The van der Waals surface area contributed by atoms with Gasteiger partial charge in [-0.2, -0.15) is 0 Å². The summed E-state index contributed by atoms with van der Waals surface area (Å²) in [6.07, 6.45) is 1.03. The molecule has 0 unspecified atom stereocenters. The van der Waals surface area contributed by atoms with Crippen molar-refractivity contribution >= 4 is 6.09 Å². The van der Waals surface area contributed by atoms with E-state index in [9.17, 15) is 4.79 Å². The molecule has 1 aliphatic heterocycles. The fourth-order valence-electron chi connectivity index (χ4n) is 4.23. The Morgan fingerprint density at radius 3 is 1.87 bits per heavy atom. The molecule has 0 saturated carbocycles.